The van der Waals surface area contributed by atoms with Crippen molar-refractivity contribution in [2.45, 2.75) is 18.1 Å². The van der Waals surface area contributed by atoms with E-state index in [-0.39, 0.29) is 0 Å². The summed E-state index contributed by atoms with van der Waals surface area (Å²) in [4.78, 5) is 1.64. The molecule has 2 bridgehead atoms. The van der Waals surface area contributed by atoms with Crippen LogP contribution in [0.25, 0.3) is 0 Å². The van der Waals surface area contributed by atoms with Crippen molar-refractivity contribution in [1.29, 1.82) is 0 Å². The smallest absolute Gasteiger partial charge is 0.0285 e. The Hall–Kier alpha value is 0.0900. The van der Waals surface area contributed by atoms with Gasteiger partial charge in [-0.25, -0.2) is 0 Å². The molecule has 1 heteroatoms. The van der Waals surface area contributed by atoms with Gasteiger partial charge in [-0.2, -0.15) is 0 Å². The van der Waals surface area contributed by atoms with E-state index in [1.165, 1.54) is 12.8 Å². The lowest BCUT2D eigenvalue weighted by atomic mass is 10.4. The first-order valence-electron chi connectivity index (χ1n) is 2.32. The molecule has 1 aliphatic carbocycles. The number of hydrogen-bond acceptors (Lipinski definition) is 1. The summed E-state index contributed by atoms with van der Waals surface area (Å²) >= 11 is 2.06. The Morgan fingerprint density at radius 1 is 1.83 bits per heavy atom. The lowest BCUT2D eigenvalue weighted by Crippen LogP contribution is -1.92. The lowest BCUT2D eigenvalue weighted by molar-refractivity contribution is 0.968. The van der Waals surface area contributed by atoms with Crippen LogP contribution in [0.15, 0.2) is 11.0 Å². The van der Waals surface area contributed by atoms with E-state index < -0.39 is 0 Å². The van der Waals surface area contributed by atoms with Crippen LogP contribution in [0.5, 0.6) is 0 Å². The van der Waals surface area contributed by atoms with Gasteiger partial charge in [0.25, 0.3) is 0 Å². The predicted octanol–water partition coefficient (Wildman–Crippen LogP) is 1.78. The molecule has 0 aromatic rings. The molecule has 0 nitrogen and oxygen atoms in total. The Balaban J connectivity index is 2.39. The van der Waals surface area contributed by atoms with E-state index in [1.807, 2.05) is 0 Å². The second kappa shape index (κ2) is 0.836. The summed E-state index contributed by atoms with van der Waals surface area (Å²) < 4.78 is 0. The van der Waals surface area contributed by atoms with Gasteiger partial charge in [-0.05, 0) is 17.7 Å². The summed E-state index contributed by atoms with van der Waals surface area (Å²) in [5, 5.41) is 0.944. The summed E-state index contributed by atoms with van der Waals surface area (Å²) in [6.45, 7) is 0. The van der Waals surface area contributed by atoms with E-state index in [1.54, 1.807) is 4.91 Å². The summed E-state index contributed by atoms with van der Waals surface area (Å²) in [6.07, 6.45) is 5.19. The first-order chi connectivity index (χ1) is 2.95. The van der Waals surface area contributed by atoms with Crippen molar-refractivity contribution in [3.8, 4) is 0 Å². The highest BCUT2D eigenvalue weighted by Crippen LogP contribution is 2.47. The van der Waals surface area contributed by atoms with Crippen molar-refractivity contribution in [2.24, 2.45) is 0 Å². The standard InChI is InChI=1S/C5H6S/c1-2-5-3-4(1)6-5/h3-4H,1-2H2/t4-/m1/s1. The van der Waals surface area contributed by atoms with Gasteiger partial charge in [0.1, 0.15) is 0 Å². The molecule has 0 radical (unpaired) electrons. The predicted molar refractivity (Wildman–Crippen MR) is 28.7 cm³/mol. The minimum Gasteiger partial charge on any atom is -0.123 e. The van der Waals surface area contributed by atoms with E-state index >= 15 is 0 Å². The zero-order valence-corrected chi connectivity index (χ0v) is 4.29. The molecule has 0 saturated carbocycles. The first kappa shape index (κ1) is 3.14. The van der Waals surface area contributed by atoms with Gasteiger partial charge in [-0.15, -0.1) is 11.8 Å². The third kappa shape index (κ3) is 0.228. The molecule has 2 aliphatic heterocycles. The molecule has 3 aliphatic rings. The zero-order valence-electron chi connectivity index (χ0n) is 3.48. The Morgan fingerprint density at radius 3 is 2.83 bits per heavy atom. The second-order valence-corrected chi connectivity index (χ2v) is 3.19. The number of rotatable bonds is 0. The van der Waals surface area contributed by atoms with Crippen LogP contribution in [-0.2, 0) is 0 Å². The fourth-order valence-electron chi connectivity index (χ4n) is 0.972. The molecule has 0 aromatic carbocycles. The van der Waals surface area contributed by atoms with Crippen LogP contribution < -0.4 is 0 Å². The number of fused-ring (bicyclic) bond motifs is 1. The number of thioether (sulfide) groups is 1. The summed E-state index contributed by atoms with van der Waals surface area (Å²) in [5.74, 6) is 0. The van der Waals surface area contributed by atoms with E-state index in [9.17, 15) is 0 Å². The van der Waals surface area contributed by atoms with Crippen LogP contribution in [0.2, 0.25) is 0 Å². The van der Waals surface area contributed by atoms with Gasteiger partial charge < -0.3 is 0 Å². The fraction of sp³-hybridized carbons (Fsp3) is 0.600. The fourth-order valence-corrected chi connectivity index (χ4v) is 2.08. The number of hydrogen-bond donors (Lipinski definition) is 0. The highest BCUT2D eigenvalue weighted by molar-refractivity contribution is 8.05. The van der Waals surface area contributed by atoms with Crippen LogP contribution >= 0.6 is 11.8 Å². The number of allylic oxidation sites excluding steroid dienone is 1. The first-order valence-corrected chi connectivity index (χ1v) is 3.20. The third-order valence-corrected chi connectivity index (χ3v) is 2.67. The van der Waals surface area contributed by atoms with E-state index in [4.69, 9.17) is 0 Å². The lowest BCUT2D eigenvalue weighted by Gasteiger charge is -2.08. The van der Waals surface area contributed by atoms with E-state index in [0.717, 1.165) is 5.25 Å². The molecule has 32 valence electrons. The van der Waals surface area contributed by atoms with Gasteiger partial charge in [-0.1, -0.05) is 6.08 Å². The molecule has 2 heterocycles. The Morgan fingerprint density at radius 2 is 2.67 bits per heavy atom. The molecule has 1 atom stereocenters. The van der Waals surface area contributed by atoms with Crippen LogP contribution in [0, 0.1) is 0 Å². The topological polar surface area (TPSA) is 0 Å². The van der Waals surface area contributed by atoms with Gasteiger partial charge in [-0.3, -0.25) is 0 Å². The Labute approximate surface area is 41.6 Å². The maximum atomic E-state index is 2.38. The normalized spacial score (nSPS) is 38.7. The van der Waals surface area contributed by atoms with E-state index in [0.29, 0.717) is 0 Å². The van der Waals surface area contributed by atoms with Crippen LogP contribution in [0.4, 0.5) is 0 Å². The maximum Gasteiger partial charge on any atom is 0.0285 e. The van der Waals surface area contributed by atoms with Crippen molar-refractivity contribution >= 4 is 11.8 Å². The van der Waals surface area contributed by atoms with Gasteiger partial charge >= 0.3 is 0 Å². The molecule has 6 heavy (non-hydrogen) atoms. The average Bonchev–Trinajstić information content (AvgIpc) is 1.72. The quantitative estimate of drug-likeness (QED) is 0.445. The van der Waals surface area contributed by atoms with Crippen molar-refractivity contribution in [3.63, 3.8) is 0 Å². The maximum absolute atomic E-state index is 2.38. The van der Waals surface area contributed by atoms with Crippen molar-refractivity contribution < 1.29 is 0 Å². The van der Waals surface area contributed by atoms with Crippen LogP contribution in [0.1, 0.15) is 12.8 Å². The SMILES string of the molecule is C1=C2CC[C@H]1S2. The monoisotopic (exact) mass is 98.0 g/mol. The molecular formula is C5H6S. The largest absolute Gasteiger partial charge is 0.123 e. The van der Waals surface area contributed by atoms with Crippen LogP contribution in [-0.4, -0.2) is 5.25 Å². The molecular weight excluding hydrogens is 92.1 g/mol. The van der Waals surface area contributed by atoms with Gasteiger partial charge in [0, 0.05) is 5.25 Å². The molecule has 1 fully saturated rings. The highest BCUT2D eigenvalue weighted by atomic mass is 32.2. The zero-order chi connectivity index (χ0) is 3.98. The Bertz CT molecular complexity index is 101. The summed E-state index contributed by atoms with van der Waals surface area (Å²) in [6, 6.07) is 0. The van der Waals surface area contributed by atoms with E-state index in [2.05, 4.69) is 17.8 Å². The van der Waals surface area contributed by atoms with Gasteiger partial charge in [0.15, 0.2) is 0 Å². The summed E-state index contributed by atoms with van der Waals surface area (Å²) in [7, 11) is 0. The van der Waals surface area contributed by atoms with Gasteiger partial charge in [0.2, 0.25) is 0 Å². The minimum absolute atomic E-state index is 0.944. The Kier molecular flexibility index (Phi) is 0.438. The minimum atomic E-state index is 0.944. The van der Waals surface area contributed by atoms with Crippen LogP contribution in [0.3, 0.4) is 0 Å². The van der Waals surface area contributed by atoms with Gasteiger partial charge in [0.05, 0.1) is 0 Å². The van der Waals surface area contributed by atoms with Crippen molar-refractivity contribution in [3.05, 3.63) is 11.0 Å². The van der Waals surface area contributed by atoms with Crippen molar-refractivity contribution in [1.82, 2.24) is 0 Å². The molecule has 0 aromatic heterocycles. The molecule has 1 saturated heterocycles. The molecule has 3 rings (SSSR count). The second-order valence-electron chi connectivity index (χ2n) is 1.83. The third-order valence-electron chi connectivity index (χ3n) is 1.35. The average molecular weight is 98.2 g/mol. The highest BCUT2D eigenvalue weighted by Gasteiger charge is 2.26. The molecule has 0 amide bonds. The molecule has 0 unspecified atom stereocenters. The molecule has 0 spiro atoms. The summed E-state index contributed by atoms with van der Waals surface area (Å²) in [5.41, 5.74) is 0. The molecule has 0 N–H and O–H groups in total. The van der Waals surface area contributed by atoms with Crippen molar-refractivity contribution in [2.75, 3.05) is 0 Å².